The number of aromatic nitrogens is 3. The van der Waals surface area contributed by atoms with Gasteiger partial charge >= 0.3 is 0 Å². The van der Waals surface area contributed by atoms with E-state index in [9.17, 15) is 0 Å². The van der Waals surface area contributed by atoms with E-state index in [4.69, 9.17) is 0 Å². The van der Waals surface area contributed by atoms with Gasteiger partial charge in [-0.15, -0.1) is 0 Å². The Bertz CT molecular complexity index is 599. The molecule has 1 heterocycles. The smallest absolute Gasteiger partial charge is 0.137 e. The van der Waals surface area contributed by atoms with Crippen LogP contribution in [-0.2, 0) is 6.42 Å². The van der Waals surface area contributed by atoms with Crippen molar-refractivity contribution in [3.63, 3.8) is 0 Å². The molecular formula is C13H11N3. The first kappa shape index (κ1) is 9.09. The van der Waals surface area contributed by atoms with E-state index >= 15 is 0 Å². The first-order chi connectivity index (χ1) is 7.92. The van der Waals surface area contributed by atoms with Crippen molar-refractivity contribution in [2.24, 2.45) is 0 Å². The van der Waals surface area contributed by atoms with Crippen LogP contribution < -0.4 is 0 Å². The van der Waals surface area contributed by atoms with Crippen molar-refractivity contribution >= 4 is 10.8 Å². The minimum absolute atomic E-state index is 0.796. The van der Waals surface area contributed by atoms with Gasteiger partial charge in [0.25, 0.3) is 0 Å². The number of nitrogens with zero attached hydrogens (tertiary/aromatic N) is 2. The number of rotatable bonds is 2. The average Bonchev–Trinajstić information content (AvgIpc) is 2.82. The summed E-state index contributed by atoms with van der Waals surface area (Å²) in [6, 6.07) is 14.8. The molecule has 0 aliphatic carbocycles. The second kappa shape index (κ2) is 3.77. The molecule has 0 saturated heterocycles. The van der Waals surface area contributed by atoms with Gasteiger partial charge in [-0.05, 0) is 16.3 Å². The molecule has 1 N–H and O–H groups in total. The summed E-state index contributed by atoms with van der Waals surface area (Å²) in [5.41, 5.74) is 1.25. The molecule has 0 aliphatic rings. The summed E-state index contributed by atoms with van der Waals surface area (Å²) in [5, 5.41) is 9.25. The molecule has 78 valence electrons. The molecule has 0 amide bonds. The molecule has 0 fully saturated rings. The third kappa shape index (κ3) is 1.67. The van der Waals surface area contributed by atoms with E-state index in [1.807, 2.05) is 0 Å². The molecule has 0 radical (unpaired) electrons. The fourth-order valence-electron chi connectivity index (χ4n) is 1.86. The third-order valence-electron chi connectivity index (χ3n) is 2.65. The molecule has 0 bridgehead atoms. The van der Waals surface area contributed by atoms with Crippen LogP contribution in [0.15, 0.2) is 48.8 Å². The van der Waals surface area contributed by atoms with Gasteiger partial charge in [-0.3, -0.25) is 5.10 Å². The Morgan fingerprint density at radius 3 is 2.69 bits per heavy atom. The average molecular weight is 209 g/mol. The second-order valence-corrected chi connectivity index (χ2v) is 3.79. The summed E-state index contributed by atoms with van der Waals surface area (Å²) >= 11 is 0. The summed E-state index contributed by atoms with van der Waals surface area (Å²) in [7, 11) is 0. The predicted molar refractivity (Wildman–Crippen MR) is 63.1 cm³/mol. The standard InChI is InChI=1S/C13H11N3/c1-2-4-12-7-10(5-6-11(12)3-1)8-13-14-9-15-16-13/h1-7,9H,8H2,(H,14,15,16). The lowest BCUT2D eigenvalue weighted by atomic mass is 10.1. The monoisotopic (exact) mass is 209 g/mol. The van der Waals surface area contributed by atoms with Gasteiger partial charge in [0.2, 0.25) is 0 Å². The van der Waals surface area contributed by atoms with Crippen LogP contribution in [0.5, 0.6) is 0 Å². The zero-order valence-electron chi connectivity index (χ0n) is 8.72. The SMILES string of the molecule is c1ccc2cc(Cc3ncn[nH]3)ccc2c1. The largest absolute Gasteiger partial charge is 0.263 e. The van der Waals surface area contributed by atoms with E-state index in [-0.39, 0.29) is 0 Å². The van der Waals surface area contributed by atoms with Crippen LogP contribution in [0.1, 0.15) is 11.4 Å². The van der Waals surface area contributed by atoms with Gasteiger partial charge in [0.15, 0.2) is 0 Å². The van der Waals surface area contributed by atoms with E-state index in [1.165, 1.54) is 22.7 Å². The van der Waals surface area contributed by atoms with E-state index < -0.39 is 0 Å². The van der Waals surface area contributed by atoms with Crippen LogP contribution in [-0.4, -0.2) is 15.2 Å². The molecular weight excluding hydrogens is 198 g/mol. The molecule has 3 nitrogen and oxygen atoms in total. The van der Waals surface area contributed by atoms with Gasteiger partial charge in [-0.1, -0.05) is 42.5 Å². The first-order valence-electron chi connectivity index (χ1n) is 5.24. The highest BCUT2D eigenvalue weighted by atomic mass is 15.2. The van der Waals surface area contributed by atoms with Crippen LogP contribution in [0, 0.1) is 0 Å². The Morgan fingerprint density at radius 1 is 1.00 bits per heavy atom. The highest BCUT2D eigenvalue weighted by Crippen LogP contribution is 2.16. The van der Waals surface area contributed by atoms with Crippen molar-refractivity contribution in [3.05, 3.63) is 60.2 Å². The molecule has 3 heteroatoms. The summed E-state index contributed by atoms with van der Waals surface area (Å²) in [4.78, 5) is 4.12. The molecule has 16 heavy (non-hydrogen) atoms. The minimum Gasteiger partial charge on any atom is -0.263 e. The maximum absolute atomic E-state index is 4.12. The fraction of sp³-hybridized carbons (Fsp3) is 0.0769. The van der Waals surface area contributed by atoms with Crippen LogP contribution in [0.3, 0.4) is 0 Å². The zero-order valence-corrected chi connectivity index (χ0v) is 8.72. The third-order valence-corrected chi connectivity index (χ3v) is 2.65. The quantitative estimate of drug-likeness (QED) is 0.704. The van der Waals surface area contributed by atoms with Gasteiger partial charge in [0.1, 0.15) is 12.2 Å². The Balaban J connectivity index is 1.99. The Hall–Kier alpha value is -2.16. The number of hydrogen-bond donors (Lipinski definition) is 1. The number of nitrogens with one attached hydrogen (secondary N) is 1. The number of hydrogen-bond acceptors (Lipinski definition) is 2. The number of benzene rings is 2. The Kier molecular flexibility index (Phi) is 2.14. The lowest BCUT2D eigenvalue weighted by Gasteiger charge is -2.01. The van der Waals surface area contributed by atoms with Crippen molar-refractivity contribution in [1.82, 2.24) is 15.2 Å². The van der Waals surface area contributed by atoms with Crippen molar-refractivity contribution in [3.8, 4) is 0 Å². The summed E-state index contributed by atoms with van der Waals surface area (Å²) in [6.45, 7) is 0. The second-order valence-electron chi connectivity index (χ2n) is 3.79. The van der Waals surface area contributed by atoms with Crippen molar-refractivity contribution in [2.75, 3.05) is 0 Å². The van der Waals surface area contributed by atoms with Gasteiger partial charge in [-0.25, -0.2) is 4.98 Å². The topological polar surface area (TPSA) is 41.6 Å². The lowest BCUT2D eigenvalue weighted by Crippen LogP contribution is -1.90. The van der Waals surface area contributed by atoms with Gasteiger partial charge in [0.05, 0.1) is 0 Å². The molecule has 1 aromatic heterocycles. The Labute approximate surface area is 93.2 Å². The van der Waals surface area contributed by atoms with Gasteiger partial charge in [-0.2, -0.15) is 5.10 Å². The van der Waals surface area contributed by atoms with Crippen LogP contribution in [0.25, 0.3) is 10.8 Å². The van der Waals surface area contributed by atoms with Crippen LogP contribution in [0.4, 0.5) is 0 Å². The summed E-state index contributed by atoms with van der Waals surface area (Å²) < 4.78 is 0. The van der Waals surface area contributed by atoms with Crippen molar-refractivity contribution in [1.29, 1.82) is 0 Å². The molecule has 0 aliphatic heterocycles. The van der Waals surface area contributed by atoms with E-state index in [0.717, 1.165) is 12.2 Å². The fourth-order valence-corrected chi connectivity index (χ4v) is 1.86. The van der Waals surface area contributed by atoms with Crippen LogP contribution in [0.2, 0.25) is 0 Å². The molecule has 0 spiro atoms. The Morgan fingerprint density at radius 2 is 1.88 bits per heavy atom. The lowest BCUT2D eigenvalue weighted by molar-refractivity contribution is 0.973. The van der Waals surface area contributed by atoms with Crippen molar-refractivity contribution in [2.45, 2.75) is 6.42 Å². The van der Waals surface area contributed by atoms with Gasteiger partial charge < -0.3 is 0 Å². The van der Waals surface area contributed by atoms with Gasteiger partial charge in [0, 0.05) is 6.42 Å². The zero-order chi connectivity index (χ0) is 10.8. The number of H-pyrrole nitrogens is 1. The van der Waals surface area contributed by atoms with E-state index in [2.05, 4.69) is 57.6 Å². The normalized spacial score (nSPS) is 10.8. The molecule has 3 aromatic rings. The molecule has 0 unspecified atom stereocenters. The minimum atomic E-state index is 0.796. The highest BCUT2D eigenvalue weighted by molar-refractivity contribution is 5.83. The predicted octanol–water partition coefficient (Wildman–Crippen LogP) is 2.55. The maximum Gasteiger partial charge on any atom is 0.137 e. The maximum atomic E-state index is 4.12. The van der Waals surface area contributed by atoms with E-state index in [1.54, 1.807) is 0 Å². The molecule has 2 aromatic carbocycles. The van der Waals surface area contributed by atoms with Crippen molar-refractivity contribution < 1.29 is 0 Å². The number of fused-ring (bicyclic) bond motifs is 1. The molecule has 3 rings (SSSR count). The van der Waals surface area contributed by atoms with E-state index in [0.29, 0.717) is 0 Å². The molecule has 0 atom stereocenters. The van der Waals surface area contributed by atoms with Crippen LogP contribution >= 0.6 is 0 Å². The summed E-state index contributed by atoms with van der Waals surface area (Å²) in [5.74, 6) is 0.898. The number of aromatic amines is 1. The summed E-state index contributed by atoms with van der Waals surface area (Å²) in [6.07, 6.45) is 2.33. The first-order valence-corrected chi connectivity index (χ1v) is 5.24. The highest BCUT2D eigenvalue weighted by Gasteiger charge is 1.99. The molecule has 0 saturated carbocycles.